The number of nitrogens with zero attached hydrogens (tertiary/aromatic N) is 3. The standard InChI is InChI=1S/C25H22F3N5O/c1-16(24(34)32-23-11-8-19(15-30-23)18-6-4-3-5-7-18)31-20-9-10-22(21(14-20)25(26,27)28)33-13-12-29-17(33)2/h3-16,31H,1-2H3,(H,30,32,34). The van der Waals surface area contributed by atoms with E-state index in [0.29, 0.717) is 11.6 Å². The van der Waals surface area contributed by atoms with Gasteiger partial charge in [0.15, 0.2) is 0 Å². The average Bonchev–Trinajstić information content (AvgIpc) is 3.25. The quantitative estimate of drug-likeness (QED) is 0.383. The first-order valence-corrected chi connectivity index (χ1v) is 10.5. The smallest absolute Gasteiger partial charge is 0.374 e. The molecule has 1 unspecified atom stereocenters. The second-order valence-electron chi connectivity index (χ2n) is 7.73. The molecule has 1 amide bonds. The van der Waals surface area contributed by atoms with Gasteiger partial charge in [0, 0.05) is 29.8 Å². The van der Waals surface area contributed by atoms with Crippen LogP contribution in [-0.4, -0.2) is 26.5 Å². The Balaban J connectivity index is 1.47. The van der Waals surface area contributed by atoms with Gasteiger partial charge in [0.2, 0.25) is 5.91 Å². The minimum absolute atomic E-state index is 0.0344. The van der Waals surface area contributed by atoms with Gasteiger partial charge in [-0.15, -0.1) is 0 Å². The van der Waals surface area contributed by atoms with E-state index in [-0.39, 0.29) is 11.4 Å². The maximum absolute atomic E-state index is 13.7. The molecule has 4 rings (SSSR count). The molecule has 0 fully saturated rings. The molecule has 6 nitrogen and oxygen atoms in total. The van der Waals surface area contributed by atoms with Gasteiger partial charge in [0.05, 0.1) is 11.3 Å². The maximum Gasteiger partial charge on any atom is 0.418 e. The van der Waals surface area contributed by atoms with E-state index in [1.165, 1.54) is 29.1 Å². The van der Waals surface area contributed by atoms with E-state index in [9.17, 15) is 18.0 Å². The Bertz CT molecular complexity index is 1280. The number of imidazole rings is 1. The third kappa shape index (κ3) is 5.09. The van der Waals surface area contributed by atoms with Gasteiger partial charge in [0.1, 0.15) is 17.7 Å². The van der Waals surface area contributed by atoms with Crippen molar-refractivity contribution >= 4 is 17.4 Å². The summed E-state index contributed by atoms with van der Waals surface area (Å²) in [5, 5.41) is 5.51. The molecule has 9 heteroatoms. The SMILES string of the molecule is Cc1nccn1-c1ccc(NC(C)C(=O)Nc2ccc(-c3ccccc3)cn2)cc1C(F)(F)F. The number of carbonyl (C=O) groups is 1. The topological polar surface area (TPSA) is 71.8 Å². The molecule has 1 atom stereocenters. The minimum Gasteiger partial charge on any atom is -0.374 e. The van der Waals surface area contributed by atoms with E-state index >= 15 is 0 Å². The van der Waals surface area contributed by atoms with Crippen molar-refractivity contribution in [3.05, 3.63) is 90.6 Å². The summed E-state index contributed by atoms with van der Waals surface area (Å²) in [7, 11) is 0. The van der Waals surface area contributed by atoms with Crippen molar-refractivity contribution in [3.8, 4) is 16.8 Å². The predicted octanol–water partition coefficient (Wildman–Crippen LogP) is 5.70. The van der Waals surface area contributed by atoms with E-state index in [0.717, 1.165) is 17.2 Å². The van der Waals surface area contributed by atoms with Gasteiger partial charge in [-0.25, -0.2) is 9.97 Å². The number of hydrogen-bond acceptors (Lipinski definition) is 4. The summed E-state index contributed by atoms with van der Waals surface area (Å²) in [4.78, 5) is 20.9. The number of pyridine rings is 1. The molecule has 0 bridgehead atoms. The Morgan fingerprint density at radius 3 is 2.38 bits per heavy atom. The first kappa shape index (κ1) is 23.0. The van der Waals surface area contributed by atoms with Gasteiger partial charge in [-0.2, -0.15) is 13.2 Å². The van der Waals surface area contributed by atoms with Crippen molar-refractivity contribution in [2.45, 2.75) is 26.1 Å². The number of hydrogen-bond donors (Lipinski definition) is 2. The third-order valence-electron chi connectivity index (χ3n) is 5.29. The Labute approximate surface area is 194 Å². The molecular formula is C25H22F3N5O. The number of aryl methyl sites for hydroxylation is 1. The molecule has 0 saturated heterocycles. The summed E-state index contributed by atoms with van der Waals surface area (Å²) in [6.45, 7) is 3.19. The Morgan fingerprint density at radius 2 is 1.76 bits per heavy atom. The second-order valence-corrected chi connectivity index (χ2v) is 7.73. The highest BCUT2D eigenvalue weighted by atomic mass is 19.4. The number of rotatable bonds is 6. The molecule has 4 aromatic rings. The molecule has 2 heterocycles. The molecule has 0 aliphatic rings. The van der Waals surface area contributed by atoms with Crippen LogP contribution in [0.3, 0.4) is 0 Å². The van der Waals surface area contributed by atoms with Crippen LogP contribution in [0, 0.1) is 6.92 Å². The lowest BCUT2D eigenvalue weighted by atomic mass is 10.1. The molecule has 2 aromatic heterocycles. The van der Waals surface area contributed by atoms with E-state index in [2.05, 4.69) is 20.6 Å². The van der Waals surface area contributed by atoms with Crippen molar-refractivity contribution < 1.29 is 18.0 Å². The van der Waals surface area contributed by atoms with E-state index in [1.807, 2.05) is 36.4 Å². The number of carbonyl (C=O) groups excluding carboxylic acids is 1. The predicted molar refractivity (Wildman–Crippen MR) is 125 cm³/mol. The van der Waals surface area contributed by atoms with Gasteiger partial charge >= 0.3 is 6.18 Å². The minimum atomic E-state index is -4.58. The van der Waals surface area contributed by atoms with Crippen LogP contribution in [0.25, 0.3) is 16.8 Å². The molecule has 34 heavy (non-hydrogen) atoms. The molecule has 0 radical (unpaired) electrons. The van der Waals surface area contributed by atoms with E-state index < -0.39 is 23.7 Å². The number of nitrogens with one attached hydrogen (secondary N) is 2. The van der Waals surface area contributed by atoms with Crippen molar-refractivity contribution in [2.24, 2.45) is 0 Å². The zero-order chi connectivity index (χ0) is 24.3. The number of amides is 1. The second kappa shape index (κ2) is 9.38. The number of anilines is 2. The van der Waals surface area contributed by atoms with E-state index in [4.69, 9.17) is 0 Å². The van der Waals surface area contributed by atoms with Crippen LogP contribution >= 0.6 is 0 Å². The Hall–Kier alpha value is -4.14. The van der Waals surface area contributed by atoms with E-state index in [1.54, 1.807) is 26.1 Å². The fourth-order valence-corrected chi connectivity index (χ4v) is 3.51. The van der Waals surface area contributed by atoms with Crippen LogP contribution in [0.2, 0.25) is 0 Å². The van der Waals surface area contributed by atoms with Gasteiger partial charge in [-0.1, -0.05) is 30.3 Å². The summed E-state index contributed by atoms with van der Waals surface area (Å²) < 4.78 is 42.6. The maximum atomic E-state index is 13.7. The number of halogens is 3. The monoisotopic (exact) mass is 465 g/mol. The van der Waals surface area contributed by atoms with Gasteiger partial charge in [-0.3, -0.25) is 4.79 Å². The van der Waals surface area contributed by atoms with Crippen molar-refractivity contribution in [1.29, 1.82) is 0 Å². The summed E-state index contributed by atoms with van der Waals surface area (Å²) >= 11 is 0. The van der Waals surface area contributed by atoms with Gasteiger partial charge in [-0.05, 0) is 49.7 Å². The zero-order valence-corrected chi connectivity index (χ0v) is 18.5. The largest absolute Gasteiger partial charge is 0.418 e. The van der Waals surface area contributed by atoms with Crippen LogP contribution in [0.15, 0.2) is 79.3 Å². The van der Waals surface area contributed by atoms with Crippen LogP contribution in [0.4, 0.5) is 24.7 Å². The molecule has 0 aliphatic heterocycles. The van der Waals surface area contributed by atoms with Crippen LogP contribution in [-0.2, 0) is 11.0 Å². The first-order chi connectivity index (χ1) is 16.2. The molecule has 2 N–H and O–H groups in total. The molecule has 2 aromatic carbocycles. The average molecular weight is 465 g/mol. The summed E-state index contributed by atoms with van der Waals surface area (Å²) in [6.07, 6.45) is -0.0251. The molecule has 0 spiro atoms. The Kier molecular flexibility index (Phi) is 6.36. The highest BCUT2D eigenvalue weighted by Crippen LogP contribution is 2.36. The van der Waals surface area contributed by atoms with Crippen molar-refractivity contribution in [2.75, 3.05) is 10.6 Å². The number of alkyl halides is 3. The van der Waals surface area contributed by atoms with Gasteiger partial charge in [0.25, 0.3) is 0 Å². The highest BCUT2D eigenvalue weighted by Gasteiger charge is 2.34. The fraction of sp³-hybridized carbons (Fsp3) is 0.160. The van der Waals surface area contributed by atoms with Crippen molar-refractivity contribution in [1.82, 2.24) is 14.5 Å². The first-order valence-electron chi connectivity index (χ1n) is 10.5. The Morgan fingerprint density at radius 1 is 1.00 bits per heavy atom. The normalized spacial score (nSPS) is 12.3. The van der Waals surface area contributed by atoms with Crippen LogP contribution in [0.1, 0.15) is 18.3 Å². The lowest BCUT2D eigenvalue weighted by molar-refractivity contribution is -0.137. The van der Waals surface area contributed by atoms with Crippen LogP contribution < -0.4 is 10.6 Å². The summed E-state index contributed by atoms with van der Waals surface area (Å²) in [5.74, 6) is 0.355. The highest BCUT2D eigenvalue weighted by molar-refractivity contribution is 5.95. The summed E-state index contributed by atoms with van der Waals surface area (Å²) in [6, 6.07) is 16.2. The molecule has 0 saturated carbocycles. The third-order valence-corrected chi connectivity index (χ3v) is 5.29. The summed E-state index contributed by atoms with van der Waals surface area (Å²) in [5.41, 5.74) is 1.21. The lowest BCUT2D eigenvalue weighted by Crippen LogP contribution is -2.32. The fourth-order valence-electron chi connectivity index (χ4n) is 3.51. The van der Waals surface area contributed by atoms with Gasteiger partial charge < -0.3 is 15.2 Å². The molecule has 174 valence electrons. The zero-order valence-electron chi connectivity index (χ0n) is 18.5. The molecular weight excluding hydrogens is 443 g/mol. The lowest BCUT2D eigenvalue weighted by Gasteiger charge is -2.19. The molecule has 0 aliphatic carbocycles. The van der Waals surface area contributed by atoms with Crippen molar-refractivity contribution in [3.63, 3.8) is 0 Å². The number of aromatic nitrogens is 3. The van der Waals surface area contributed by atoms with Crippen LogP contribution in [0.5, 0.6) is 0 Å². The number of benzene rings is 2.